The first-order valence-electron chi connectivity index (χ1n) is 6.50. The molecular formula is C14H13N3OS. The fourth-order valence-corrected chi connectivity index (χ4v) is 3.46. The van der Waals surface area contributed by atoms with Crippen molar-refractivity contribution in [3.05, 3.63) is 45.2 Å². The van der Waals surface area contributed by atoms with E-state index in [1.165, 1.54) is 0 Å². The maximum atomic E-state index is 12.1. The summed E-state index contributed by atoms with van der Waals surface area (Å²) in [7, 11) is 0. The molecule has 0 aliphatic heterocycles. The molecule has 0 atom stereocenters. The van der Waals surface area contributed by atoms with Crippen LogP contribution in [0.4, 0.5) is 0 Å². The van der Waals surface area contributed by atoms with Crippen molar-refractivity contribution in [2.75, 3.05) is 0 Å². The molecule has 5 heteroatoms. The largest absolute Gasteiger partial charge is 0.307 e. The summed E-state index contributed by atoms with van der Waals surface area (Å²) in [6.45, 7) is 0. The van der Waals surface area contributed by atoms with Crippen LogP contribution in [0.2, 0.25) is 0 Å². The van der Waals surface area contributed by atoms with Crippen molar-refractivity contribution in [3.8, 4) is 10.6 Å². The van der Waals surface area contributed by atoms with Gasteiger partial charge in [0.15, 0.2) is 0 Å². The lowest BCUT2D eigenvalue weighted by molar-refractivity contribution is 0.635. The Morgan fingerprint density at radius 1 is 1.32 bits per heavy atom. The van der Waals surface area contributed by atoms with Gasteiger partial charge in [-0.25, -0.2) is 4.52 Å². The molecule has 0 amide bonds. The molecule has 0 aromatic carbocycles. The van der Waals surface area contributed by atoms with Gasteiger partial charge >= 0.3 is 0 Å². The standard InChI is InChI=1S/C14H13N3OS/c18-14-9-4-1-2-5-11(9)17-13(15-14)8-10(16-17)12-6-3-7-19-12/h3,6-8H,1-2,4-5H2,(H,15,18). The van der Waals surface area contributed by atoms with Crippen molar-refractivity contribution >= 4 is 17.0 Å². The Morgan fingerprint density at radius 3 is 3.05 bits per heavy atom. The fourth-order valence-electron chi connectivity index (χ4n) is 2.78. The quantitative estimate of drug-likeness (QED) is 0.739. The molecule has 4 nitrogen and oxygen atoms in total. The molecule has 0 radical (unpaired) electrons. The maximum absolute atomic E-state index is 12.1. The Balaban J connectivity index is 2.01. The highest BCUT2D eigenvalue weighted by Crippen LogP contribution is 2.25. The third-order valence-corrected chi connectivity index (χ3v) is 4.59. The van der Waals surface area contributed by atoms with E-state index >= 15 is 0 Å². The third kappa shape index (κ3) is 1.65. The van der Waals surface area contributed by atoms with Gasteiger partial charge in [-0.15, -0.1) is 11.3 Å². The molecule has 0 saturated carbocycles. The van der Waals surface area contributed by atoms with Crippen molar-refractivity contribution in [2.24, 2.45) is 0 Å². The Labute approximate surface area is 113 Å². The Bertz CT molecular complexity index is 798. The minimum Gasteiger partial charge on any atom is -0.307 e. The van der Waals surface area contributed by atoms with E-state index in [1.54, 1.807) is 11.3 Å². The third-order valence-electron chi connectivity index (χ3n) is 3.69. The highest BCUT2D eigenvalue weighted by molar-refractivity contribution is 7.13. The van der Waals surface area contributed by atoms with E-state index in [9.17, 15) is 4.79 Å². The number of aromatic nitrogens is 3. The van der Waals surface area contributed by atoms with Gasteiger partial charge in [-0.05, 0) is 37.1 Å². The number of nitrogens with zero attached hydrogens (tertiary/aromatic N) is 2. The van der Waals surface area contributed by atoms with Gasteiger partial charge in [-0.3, -0.25) is 4.79 Å². The van der Waals surface area contributed by atoms with E-state index in [2.05, 4.69) is 16.1 Å². The summed E-state index contributed by atoms with van der Waals surface area (Å²) in [5.74, 6) is 0. The van der Waals surface area contributed by atoms with Crippen LogP contribution in [0.1, 0.15) is 24.1 Å². The first kappa shape index (κ1) is 11.0. The molecule has 0 unspecified atom stereocenters. The van der Waals surface area contributed by atoms with Crippen LogP contribution in [-0.2, 0) is 12.8 Å². The molecule has 0 saturated heterocycles. The zero-order chi connectivity index (χ0) is 12.8. The van der Waals surface area contributed by atoms with E-state index in [4.69, 9.17) is 0 Å². The summed E-state index contributed by atoms with van der Waals surface area (Å²) in [6.07, 6.45) is 4.05. The molecule has 0 fully saturated rings. The minimum atomic E-state index is 0.0554. The van der Waals surface area contributed by atoms with Gasteiger partial charge in [0.25, 0.3) is 5.56 Å². The monoisotopic (exact) mass is 271 g/mol. The summed E-state index contributed by atoms with van der Waals surface area (Å²) in [5, 5.41) is 6.71. The SMILES string of the molecule is O=c1[nH]c2cc(-c3cccs3)nn2c2c1CCCC2. The second kappa shape index (κ2) is 4.06. The summed E-state index contributed by atoms with van der Waals surface area (Å²) in [5.41, 5.74) is 3.80. The van der Waals surface area contributed by atoms with Crippen LogP contribution >= 0.6 is 11.3 Å². The molecule has 3 heterocycles. The topological polar surface area (TPSA) is 50.2 Å². The van der Waals surface area contributed by atoms with Crippen LogP contribution in [0.3, 0.4) is 0 Å². The minimum absolute atomic E-state index is 0.0554. The number of rotatable bonds is 1. The summed E-state index contributed by atoms with van der Waals surface area (Å²) < 4.78 is 1.92. The zero-order valence-electron chi connectivity index (χ0n) is 10.3. The number of nitrogens with one attached hydrogen (secondary N) is 1. The normalized spacial score (nSPS) is 14.7. The molecule has 1 aliphatic carbocycles. The predicted octanol–water partition coefficient (Wildman–Crippen LogP) is 2.63. The second-order valence-corrected chi connectivity index (χ2v) is 5.84. The van der Waals surface area contributed by atoms with E-state index in [1.807, 2.05) is 22.0 Å². The molecule has 4 rings (SSSR count). The first-order valence-corrected chi connectivity index (χ1v) is 7.38. The smallest absolute Gasteiger partial charge is 0.254 e. The number of hydrogen-bond donors (Lipinski definition) is 1. The highest BCUT2D eigenvalue weighted by atomic mass is 32.1. The van der Waals surface area contributed by atoms with Crippen LogP contribution in [0, 0.1) is 0 Å². The van der Waals surface area contributed by atoms with E-state index in [0.29, 0.717) is 0 Å². The lowest BCUT2D eigenvalue weighted by Crippen LogP contribution is -2.22. The number of fused-ring (bicyclic) bond motifs is 3. The fraction of sp³-hybridized carbons (Fsp3) is 0.286. The Kier molecular flexibility index (Phi) is 2.35. The maximum Gasteiger partial charge on any atom is 0.254 e. The Hall–Kier alpha value is -1.88. The van der Waals surface area contributed by atoms with Gasteiger partial charge in [-0.1, -0.05) is 6.07 Å². The van der Waals surface area contributed by atoms with Crippen LogP contribution in [-0.4, -0.2) is 14.6 Å². The van der Waals surface area contributed by atoms with Crippen LogP contribution in [0.25, 0.3) is 16.2 Å². The molecular weight excluding hydrogens is 258 g/mol. The molecule has 0 bridgehead atoms. The Morgan fingerprint density at radius 2 is 2.21 bits per heavy atom. The number of aryl methyl sites for hydroxylation is 1. The van der Waals surface area contributed by atoms with Crippen molar-refractivity contribution in [3.63, 3.8) is 0 Å². The van der Waals surface area contributed by atoms with Crippen molar-refractivity contribution in [1.29, 1.82) is 0 Å². The van der Waals surface area contributed by atoms with E-state index in [-0.39, 0.29) is 5.56 Å². The second-order valence-electron chi connectivity index (χ2n) is 4.89. The molecule has 96 valence electrons. The predicted molar refractivity (Wildman–Crippen MR) is 75.8 cm³/mol. The number of hydrogen-bond acceptors (Lipinski definition) is 3. The molecule has 0 spiro atoms. The van der Waals surface area contributed by atoms with Crippen LogP contribution in [0.5, 0.6) is 0 Å². The molecule has 1 N–H and O–H groups in total. The van der Waals surface area contributed by atoms with Gasteiger partial charge in [0.2, 0.25) is 0 Å². The van der Waals surface area contributed by atoms with E-state index in [0.717, 1.165) is 53.2 Å². The number of thiophene rings is 1. The number of aromatic amines is 1. The average Bonchev–Trinajstić information content (AvgIpc) is 3.07. The lowest BCUT2D eigenvalue weighted by Gasteiger charge is -2.15. The van der Waals surface area contributed by atoms with Crippen molar-refractivity contribution < 1.29 is 0 Å². The highest BCUT2D eigenvalue weighted by Gasteiger charge is 2.18. The summed E-state index contributed by atoms with van der Waals surface area (Å²) >= 11 is 1.67. The van der Waals surface area contributed by atoms with Crippen LogP contribution < -0.4 is 5.56 Å². The van der Waals surface area contributed by atoms with Crippen molar-refractivity contribution in [2.45, 2.75) is 25.7 Å². The zero-order valence-corrected chi connectivity index (χ0v) is 11.2. The average molecular weight is 271 g/mol. The first-order chi connectivity index (χ1) is 9.33. The van der Waals surface area contributed by atoms with Crippen molar-refractivity contribution in [1.82, 2.24) is 14.6 Å². The van der Waals surface area contributed by atoms with Gasteiger partial charge < -0.3 is 4.98 Å². The van der Waals surface area contributed by atoms with Crippen LogP contribution in [0.15, 0.2) is 28.4 Å². The summed E-state index contributed by atoms with van der Waals surface area (Å²) in [6, 6.07) is 6.03. The molecule has 3 aromatic heterocycles. The van der Waals surface area contributed by atoms with Gasteiger partial charge in [0.05, 0.1) is 10.6 Å². The lowest BCUT2D eigenvalue weighted by atomic mass is 9.97. The molecule has 3 aromatic rings. The molecule has 1 aliphatic rings. The van der Waals surface area contributed by atoms with Gasteiger partial charge in [0, 0.05) is 11.6 Å². The van der Waals surface area contributed by atoms with Gasteiger partial charge in [0.1, 0.15) is 11.3 Å². The van der Waals surface area contributed by atoms with Gasteiger partial charge in [-0.2, -0.15) is 5.10 Å². The molecule has 19 heavy (non-hydrogen) atoms. The van der Waals surface area contributed by atoms with E-state index < -0.39 is 0 Å². The summed E-state index contributed by atoms with van der Waals surface area (Å²) in [4.78, 5) is 16.2. The number of H-pyrrole nitrogens is 1.